The van der Waals surface area contributed by atoms with Gasteiger partial charge in [-0.3, -0.25) is 0 Å². The zero-order valence-electron chi connectivity index (χ0n) is 13.4. The largest absolute Gasteiger partial charge is 0.741 e. The maximum Gasteiger partial charge on any atom is 0.485 e. The maximum atomic E-state index is 10.7. The Balaban J connectivity index is 0.000000472. The lowest BCUT2D eigenvalue weighted by atomic mass is 9.92. The minimum absolute atomic E-state index is 1.06. The second kappa shape index (κ2) is 10.4. The fraction of sp³-hybridized carbons (Fsp3) is 1.00. The van der Waals surface area contributed by atoms with Crippen LogP contribution in [0.2, 0.25) is 0 Å². The summed E-state index contributed by atoms with van der Waals surface area (Å²) >= 11 is 0. The summed E-state index contributed by atoms with van der Waals surface area (Å²) in [6, 6.07) is 0. The topological polar surface area (TPSA) is 61.6 Å². The molecule has 134 valence electrons. The van der Waals surface area contributed by atoms with Crippen LogP contribution < -0.4 is 4.90 Å². The van der Waals surface area contributed by atoms with Crippen LogP contribution in [0.5, 0.6) is 0 Å². The van der Waals surface area contributed by atoms with Crippen LogP contribution in [-0.2, 0) is 10.1 Å². The number of likely N-dealkylation sites (tertiary alicyclic amines) is 1. The van der Waals surface area contributed by atoms with E-state index in [0.29, 0.717) is 0 Å². The zero-order chi connectivity index (χ0) is 17.2. The molecule has 0 bridgehead atoms. The van der Waals surface area contributed by atoms with E-state index in [9.17, 15) is 13.2 Å². The standard InChI is InChI=1S/C13H27N.CHF3O3S/c1-3-5-6-10-14-11-8-13(7-4-2)9-12-14;2-1(3,4)8(5,6)7/h13H,3-12H2,1-2H3;(H,5,6,7). The highest BCUT2D eigenvalue weighted by Gasteiger charge is 2.36. The Morgan fingerprint density at radius 1 is 1.09 bits per heavy atom. The molecular weight excluding hydrogens is 319 g/mol. The van der Waals surface area contributed by atoms with Gasteiger partial charge in [-0.15, -0.1) is 0 Å². The predicted molar refractivity (Wildman–Crippen MR) is 78.5 cm³/mol. The van der Waals surface area contributed by atoms with E-state index in [4.69, 9.17) is 13.0 Å². The molecule has 1 aliphatic heterocycles. The van der Waals surface area contributed by atoms with E-state index in [0.717, 1.165) is 5.92 Å². The van der Waals surface area contributed by atoms with Gasteiger partial charge in [0.15, 0.2) is 10.1 Å². The number of quaternary nitrogens is 1. The maximum absolute atomic E-state index is 10.7. The first-order chi connectivity index (χ1) is 10.1. The van der Waals surface area contributed by atoms with E-state index in [1.807, 2.05) is 4.90 Å². The summed E-state index contributed by atoms with van der Waals surface area (Å²) in [7, 11) is -6.09. The molecule has 1 heterocycles. The molecule has 4 nitrogen and oxygen atoms in total. The van der Waals surface area contributed by atoms with Crippen molar-refractivity contribution in [1.82, 2.24) is 0 Å². The van der Waals surface area contributed by atoms with Crippen LogP contribution in [0, 0.1) is 5.92 Å². The molecule has 1 aliphatic rings. The fourth-order valence-electron chi connectivity index (χ4n) is 2.66. The first-order valence-corrected chi connectivity index (χ1v) is 9.38. The van der Waals surface area contributed by atoms with Crippen molar-refractivity contribution in [2.24, 2.45) is 5.92 Å². The van der Waals surface area contributed by atoms with Crippen molar-refractivity contribution in [3.8, 4) is 0 Å². The van der Waals surface area contributed by atoms with Gasteiger partial charge in [-0.1, -0.05) is 33.1 Å². The molecule has 1 N–H and O–H groups in total. The summed E-state index contributed by atoms with van der Waals surface area (Å²) in [4.78, 5) is 1.88. The van der Waals surface area contributed by atoms with Crippen LogP contribution in [0.15, 0.2) is 0 Å². The third-order valence-electron chi connectivity index (χ3n) is 3.93. The molecular formula is C14H28F3NO3S. The summed E-state index contributed by atoms with van der Waals surface area (Å²) in [5.74, 6) is 1.06. The van der Waals surface area contributed by atoms with Gasteiger partial charge in [-0.25, -0.2) is 8.42 Å². The van der Waals surface area contributed by atoms with E-state index < -0.39 is 15.6 Å². The van der Waals surface area contributed by atoms with E-state index in [1.54, 1.807) is 0 Å². The molecule has 0 amide bonds. The number of hydrogen-bond donors (Lipinski definition) is 1. The van der Waals surface area contributed by atoms with Gasteiger partial charge in [-0.2, -0.15) is 13.2 Å². The predicted octanol–water partition coefficient (Wildman–Crippen LogP) is 2.32. The van der Waals surface area contributed by atoms with Crippen LogP contribution in [0.3, 0.4) is 0 Å². The normalized spacial score (nSPS) is 22.8. The number of alkyl halides is 3. The van der Waals surface area contributed by atoms with E-state index in [1.165, 1.54) is 64.6 Å². The Morgan fingerprint density at radius 2 is 1.59 bits per heavy atom. The molecule has 0 saturated carbocycles. The second-order valence-corrected chi connectivity index (χ2v) is 7.21. The summed E-state index contributed by atoms with van der Waals surface area (Å²) in [6.45, 7) is 8.96. The highest BCUT2D eigenvalue weighted by atomic mass is 32.2. The minimum atomic E-state index is -6.09. The van der Waals surface area contributed by atoms with E-state index in [2.05, 4.69) is 13.8 Å². The van der Waals surface area contributed by atoms with E-state index in [-0.39, 0.29) is 0 Å². The summed E-state index contributed by atoms with van der Waals surface area (Å²) < 4.78 is 58.9. The minimum Gasteiger partial charge on any atom is -0.741 e. The van der Waals surface area contributed by atoms with Crippen LogP contribution in [0.25, 0.3) is 0 Å². The lowest BCUT2D eigenvalue weighted by Gasteiger charge is -2.29. The van der Waals surface area contributed by atoms with Crippen molar-refractivity contribution in [3.05, 3.63) is 0 Å². The van der Waals surface area contributed by atoms with Crippen molar-refractivity contribution < 1.29 is 31.0 Å². The quantitative estimate of drug-likeness (QED) is 0.456. The number of halogens is 3. The average molecular weight is 347 g/mol. The fourth-order valence-corrected chi connectivity index (χ4v) is 2.66. The number of unbranched alkanes of at least 4 members (excludes halogenated alkanes) is 2. The smallest absolute Gasteiger partial charge is 0.485 e. The molecule has 0 aliphatic carbocycles. The lowest BCUT2D eigenvalue weighted by Crippen LogP contribution is -3.13. The van der Waals surface area contributed by atoms with Gasteiger partial charge in [-0.05, 0) is 31.6 Å². The van der Waals surface area contributed by atoms with Crippen LogP contribution in [0.4, 0.5) is 13.2 Å². The van der Waals surface area contributed by atoms with Crippen LogP contribution >= 0.6 is 0 Å². The molecule has 8 heteroatoms. The molecule has 22 heavy (non-hydrogen) atoms. The van der Waals surface area contributed by atoms with Gasteiger partial charge in [0.1, 0.15) is 0 Å². The Morgan fingerprint density at radius 3 is 1.95 bits per heavy atom. The van der Waals surface area contributed by atoms with Gasteiger partial charge in [0.2, 0.25) is 0 Å². The third-order valence-corrected chi connectivity index (χ3v) is 4.49. The van der Waals surface area contributed by atoms with E-state index >= 15 is 0 Å². The SMILES string of the molecule is CCCCC[NH+]1CCC(CCC)CC1.O=S(=O)([O-])C(F)(F)F. The lowest BCUT2D eigenvalue weighted by molar-refractivity contribution is -0.906. The highest BCUT2D eigenvalue weighted by molar-refractivity contribution is 7.86. The molecule has 0 aromatic rings. The second-order valence-electron chi connectivity index (χ2n) is 5.84. The molecule has 0 unspecified atom stereocenters. The van der Waals surface area contributed by atoms with Crippen LogP contribution in [0.1, 0.15) is 58.8 Å². The van der Waals surface area contributed by atoms with Gasteiger partial charge in [0, 0.05) is 0 Å². The van der Waals surface area contributed by atoms with Gasteiger partial charge >= 0.3 is 5.51 Å². The number of rotatable bonds is 6. The van der Waals surface area contributed by atoms with Gasteiger partial charge < -0.3 is 9.45 Å². The monoisotopic (exact) mass is 347 g/mol. The van der Waals surface area contributed by atoms with Crippen molar-refractivity contribution in [2.75, 3.05) is 19.6 Å². The van der Waals surface area contributed by atoms with Crippen molar-refractivity contribution in [1.29, 1.82) is 0 Å². The van der Waals surface area contributed by atoms with Crippen molar-refractivity contribution >= 4 is 10.1 Å². The molecule has 0 atom stereocenters. The Labute approximate surface area is 131 Å². The van der Waals surface area contributed by atoms with Gasteiger partial charge in [0.25, 0.3) is 0 Å². The first kappa shape index (κ1) is 21.7. The van der Waals surface area contributed by atoms with Crippen LogP contribution in [-0.4, -0.2) is 38.1 Å². The number of hydrogen-bond acceptors (Lipinski definition) is 3. The van der Waals surface area contributed by atoms with Gasteiger partial charge in [0.05, 0.1) is 19.6 Å². The molecule has 0 aromatic heterocycles. The Kier molecular flexibility index (Phi) is 10.3. The zero-order valence-corrected chi connectivity index (χ0v) is 14.2. The molecule has 1 rings (SSSR count). The molecule has 1 saturated heterocycles. The number of nitrogens with one attached hydrogen (secondary N) is 1. The summed E-state index contributed by atoms with van der Waals surface area (Å²) in [5.41, 5.74) is -5.65. The summed E-state index contributed by atoms with van der Waals surface area (Å²) in [6.07, 6.45) is 10.1. The summed E-state index contributed by atoms with van der Waals surface area (Å²) in [5, 5.41) is 0. The van der Waals surface area contributed by atoms with Crippen molar-refractivity contribution in [3.63, 3.8) is 0 Å². The molecule has 0 spiro atoms. The Hall–Kier alpha value is -0.340. The van der Waals surface area contributed by atoms with Crippen molar-refractivity contribution in [2.45, 2.75) is 64.3 Å². The Bertz CT molecular complexity index is 377. The third kappa shape index (κ3) is 9.63. The number of piperidine rings is 1. The molecule has 0 aromatic carbocycles. The molecule has 0 radical (unpaired) electrons. The average Bonchev–Trinajstić information content (AvgIpc) is 2.40. The molecule has 1 fully saturated rings. The highest BCUT2D eigenvalue weighted by Crippen LogP contribution is 2.20. The first-order valence-electron chi connectivity index (χ1n) is 7.97.